The molecule has 0 fully saturated rings. The molecular formula is C16H20N4O2S. The number of fused-ring (bicyclic) bond motifs is 1. The van der Waals surface area contributed by atoms with E-state index in [-0.39, 0.29) is 17.3 Å². The molecular weight excluding hydrogens is 312 g/mol. The summed E-state index contributed by atoms with van der Waals surface area (Å²) >= 11 is 1.32. The van der Waals surface area contributed by atoms with Crippen LogP contribution in [-0.2, 0) is 17.8 Å². The van der Waals surface area contributed by atoms with E-state index in [9.17, 15) is 9.59 Å². The third kappa shape index (κ3) is 3.34. The number of nitrogens with zero attached hydrogens (tertiary/aromatic N) is 3. The molecule has 0 radical (unpaired) electrons. The van der Waals surface area contributed by atoms with Crippen LogP contribution in [0.2, 0.25) is 0 Å². The maximum Gasteiger partial charge on any atom is 0.343 e. The summed E-state index contributed by atoms with van der Waals surface area (Å²) in [5.74, 6) is 0.336. The number of hydrogen-bond acceptors (Lipinski definition) is 4. The van der Waals surface area contributed by atoms with Gasteiger partial charge in [0.25, 0.3) is 0 Å². The fourth-order valence-electron chi connectivity index (χ4n) is 2.73. The fourth-order valence-corrected chi connectivity index (χ4v) is 3.58. The lowest BCUT2D eigenvalue weighted by Gasteiger charge is -2.16. The predicted octanol–water partition coefficient (Wildman–Crippen LogP) is 2.05. The van der Waals surface area contributed by atoms with Crippen LogP contribution in [0.25, 0.3) is 0 Å². The second kappa shape index (κ2) is 7.04. The Bertz CT molecular complexity index is 753. The van der Waals surface area contributed by atoms with E-state index in [2.05, 4.69) is 23.2 Å². The Labute approximate surface area is 138 Å². The van der Waals surface area contributed by atoms with E-state index < -0.39 is 0 Å². The zero-order chi connectivity index (χ0) is 16.2. The van der Waals surface area contributed by atoms with Crippen molar-refractivity contribution in [3.05, 3.63) is 40.3 Å². The van der Waals surface area contributed by atoms with Crippen LogP contribution in [-0.4, -0.2) is 33.0 Å². The molecule has 7 heteroatoms. The Morgan fingerprint density at radius 2 is 2.22 bits per heavy atom. The van der Waals surface area contributed by atoms with Crippen LogP contribution in [0, 0.1) is 0 Å². The van der Waals surface area contributed by atoms with E-state index in [1.165, 1.54) is 17.3 Å². The largest absolute Gasteiger partial charge is 0.343 e. The number of hydrogen-bond donors (Lipinski definition) is 1. The van der Waals surface area contributed by atoms with Crippen LogP contribution in [0.15, 0.2) is 34.2 Å². The van der Waals surface area contributed by atoms with Crippen LogP contribution in [0.5, 0.6) is 0 Å². The minimum atomic E-state index is -0.208. The summed E-state index contributed by atoms with van der Waals surface area (Å²) in [6.45, 7) is 3.43. The molecule has 1 aromatic heterocycles. The number of anilines is 1. The van der Waals surface area contributed by atoms with Gasteiger partial charge in [0.05, 0.1) is 5.75 Å². The third-order valence-corrected chi connectivity index (χ3v) is 4.93. The van der Waals surface area contributed by atoms with Crippen molar-refractivity contribution in [3.63, 3.8) is 0 Å². The molecule has 0 atom stereocenters. The Balaban J connectivity index is 1.65. The molecule has 1 aliphatic rings. The molecule has 3 rings (SSSR count). The lowest BCUT2D eigenvalue weighted by Crippen LogP contribution is -2.30. The molecule has 0 saturated heterocycles. The first kappa shape index (κ1) is 15.9. The average molecular weight is 332 g/mol. The molecule has 1 aliphatic heterocycles. The van der Waals surface area contributed by atoms with Gasteiger partial charge in [-0.1, -0.05) is 43.3 Å². The van der Waals surface area contributed by atoms with Gasteiger partial charge in [0.15, 0.2) is 5.16 Å². The third-order valence-electron chi connectivity index (χ3n) is 3.97. The number of aromatic amines is 1. The summed E-state index contributed by atoms with van der Waals surface area (Å²) < 4.78 is 1.61. The molecule has 23 heavy (non-hydrogen) atoms. The standard InChI is InChI=1S/C16H20N4O2S/c1-2-3-9-20-15(22)17-18-16(20)23-11-14(21)19-10-8-12-6-4-5-7-13(12)19/h4-7H,2-3,8-11H2,1H3,(H,17,22). The normalized spacial score (nSPS) is 13.3. The highest BCUT2D eigenvalue weighted by atomic mass is 32.2. The molecule has 0 aliphatic carbocycles. The number of unbranched alkanes of at least 4 members (excludes halogenated alkanes) is 1. The Morgan fingerprint density at radius 3 is 3.04 bits per heavy atom. The van der Waals surface area contributed by atoms with Gasteiger partial charge in [0, 0.05) is 18.8 Å². The number of thioether (sulfide) groups is 1. The summed E-state index contributed by atoms with van der Waals surface area (Å²) in [5, 5.41) is 7.08. The van der Waals surface area contributed by atoms with Crippen LogP contribution < -0.4 is 10.6 Å². The van der Waals surface area contributed by atoms with Crippen LogP contribution in [0.1, 0.15) is 25.3 Å². The van der Waals surface area contributed by atoms with Crippen molar-refractivity contribution in [2.75, 3.05) is 17.2 Å². The maximum atomic E-state index is 12.5. The van der Waals surface area contributed by atoms with Gasteiger partial charge >= 0.3 is 5.69 Å². The van der Waals surface area contributed by atoms with E-state index in [0.29, 0.717) is 11.7 Å². The molecule has 0 saturated carbocycles. The number of H-pyrrole nitrogens is 1. The van der Waals surface area contributed by atoms with Gasteiger partial charge in [-0.05, 0) is 24.5 Å². The quantitative estimate of drug-likeness (QED) is 0.822. The predicted molar refractivity (Wildman–Crippen MR) is 91.0 cm³/mol. The molecule has 1 N–H and O–H groups in total. The monoisotopic (exact) mass is 332 g/mol. The van der Waals surface area contributed by atoms with Crippen molar-refractivity contribution < 1.29 is 4.79 Å². The summed E-state index contributed by atoms with van der Waals surface area (Å²) in [5.41, 5.74) is 2.01. The topological polar surface area (TPSA) is 71.0 Å². The minimum absolute atomic E-state index is 0.0532. The zero-order valence-corrected chi connectivity index (χ0v) is 13.9. The minimum Gasteiger partial charge on any atom is -0.311 e. The van der Waals surface area contributed by atoms with Gasteiger partial charge in [-0.25, -0.2) is 9.89 Å². The van der Waals surface area contributed by atoms with Gasteiger partial charge < -0.3 is 4.90 Å². The Morgan fingerprint density at radius 1 is 1.39 bits per heavy atom. The highest BCUT2D eigenvalue weighted by molar-refractivity contribution is 7.99. The van der Waals surface area contributed by atoms with Gasteiger partial charge in [0.2, 0.25) is 5.91 Å². The lowest BCUT2D eigenvalue weighted by molar-refractivity contribution is -0.116. The van der Waals surface area contributed by atoms with Gasteiger partial charge in [-0.2, -0.15) is 0 Å². The second-order valence-corrected chi connectivity index (χ2v) is 6.47. The highest BCUT2D eigenvalue weighted by Gasteiger charge is 2.24. The lowest BCUT2D eigenvalue weighted by atomic mass is 10.2. The smallest absolute Gasteiger partial charge is 0.311 e. The van der Waals surface area contributed by atoms with Crippen molar-refractivity contribution >= 4 is 23.4 Å². The first-order chi connectivity index (χ1) is 11.2. The van der Waals surface area contributed by atoms with Gasteiger partial charge in [0.1, 0.15) is 0 Å². The summed E-state index contributed by atoms with van der Waals surface area (Å²) in [6, 6.07) is 7.99. The molecule has 2 aromatic rings. The average Bonchev–Trinajstić information content (AvgIpc) is 3.14. The number of aromatic nitrogens is 3. The van der Waals surface area contributed by atoms with Crippen molar-refractivity contribution in [3.8, 4) is 0 Å². The van der Waals surface area contributed by atoms with Crippen molar-refractivity contribution in [2.24, 2.45) is 0 Å². The molecule has 1 amide bonds. The van der Waals surface area contributed by atoms with E-state index >= 15 is 0 Å². The van der Waals surface area contributed by atoms with E-state index in [4.69, 9.17) is 0 Å². The fraction of sp³-hybridized carbons (Fsp3) is 0.438. The molecule has 6 nitrogen and oxygen atoms in total. The first-order valence-electron chi connectivity index (χ1n) is 7.87. The zero-order valence-electron chi connectivity index (χ0n) is 13.1. The van der Waals surface area contributed by atoms with Crippen LogP contribution in [0.4, 0.5) is 5.69 Å². The molecule has 122 valence electrons. The summed E-state index contributed by atoms with van der Waals surface area (Å²) in [7, 11) is 0. The van der Waals surface area contributed by atoms with E-state index in [0.717, 1.165) is 31.5 Å². The summed E-state index contributed by atoms with van der Waals surface area (Å²) in [4.78, 5) is 26.1. The maximum absolute atomic E-state index is 12.5. The summed E-state index contributed by atoms with van der Waals surface area (Å²) in [6.07, 6.45) is 2.82. The van der Waals surface area contributed by atoms with Crippen molar-refractivity contribution in [1.29, 1.82) is 0 Å². The second-order valence-electron chi connectivity index (χ2n) is 5.53. The number of amides is 1. The first-order valence-corrected chi connectivity index (χ1v) is 8.85. The van der Waals surface area contributed by atoms with Gasteiger partial charge in [-0.15, -0.1) is 5.10 Å². The van der Waals surface area contributed by atoms with Crippen LogP contribution in [0.3, 0.4) is 0 Å². The molecule has 0 unspecified atom stereocenters. The SMILES string of the molecule is CCCCn1c(SCC(=O)N2CCc3ccccc32)n[nH]c1=O. The van der Waals surface area contributed by atoms with Crippen molar-refractivity contribution in [2.45, 2.75) is 37.9 Å². The molecule has 0 bridgehead atoms. The van der Waals surface area contributed by atoms with E-state index in [1.807, 2.05) is 23.1 Å². The van der Waals surface area contributed by atoms with Crippen LogP contribution >= 0.6 is 11.8 Å². The number of rotatable bonds is 6. The number of carbonyl (C=O) groups is 1. The number of benzene rings is 1. The Kier molecular flexibility index (Phi) is 4.85. The number of para-hydroxylation sites is 1. The van der Waals surface area contributed by atoms with Gasteiger partial charge in [-0.3, -0.25) is 9.36 Å². The molecule has 1 aromatic carbocycles. The Hall–Kier alpha value is -2.02. The molecule has 0 spiro atoms. The molecule has 2 heterocycles. The van der Waals surface area contributed by atoms with E-state index in [1.54, 1.807) is 4.57 Å². The highest BCUT2D eigenvalue weighted by Crippen LogP contribution is 2.28. The number of nitrogens with one attached hydrogen (secondary N) is 1. The van der Waals surface area contributed by atoms with Crippen molar-refractivity contribution in [1.82, 2.24) is 14.8 Å². The number of carbonyl (C=O) groups excluding carboxylic acids is 1.